The SMILES string of the molecule is CCOc1ccccc1N1C[C@H](C(=O)NCC(N)=O)CC1=O. The summed E-state index contributed by atoms with van der Waals surface area (Å²) in [6.07, 6.45) is 0.102. The fourth-order valence-corrected chi connectivity index (χ4v) is 2.39. The van der Waals surface area contributed by atoms with Gasteiger partial charge in [0.25, 0.3) is 0 Å². The number of ether oxygens (including phenoxy) is 1. The van der Waals surface area contributed by atoms with Gasteiger partial charge in [-0.3, -0.25) is 14.4 Å². The molecule has 7 nitrogen and oxygen atoms in total. The summed E-state index contributed by atoms with van der Waals surface area (Å²) in [6.45, 7) is 2.39. The third-order valence-electron chi connectivity index (χ3n) is 3.39. The van der Waals surface area contributed by atoms with Crippen molar-refractivity contribution < 1.29 is 19.1 Å². The molecule has 2 rings (SSSR count). The largest absolute Gasteiger partial charge is 0.492 e. The van der Waals surface area contributed by atoms with Crippen LogP contribution in [0.15, 0.2) is 24.3 Å². The lowest BCUT2D eigenvalue weighted by Crippen LogP contribution is -2.38. The lowest BCUT2D eigenvalue weighted by molar-refractivity contribution is -0.128. The summed E-state index contributed by atoms with van der Waals surface area (Å²) in [4.78, 5) is 36.4. The quantitative estimate of drug-likeness (QED) is 0.774. The molecular weight excluding hydrogens is 286 g/mol. The van der Waals surface area contributed by atoms with Gasteiger partial charge < -0.3 is 20.7 Å². The Morgan fingerprint density at radius 2 is 2.14 bits per heavy atom. The summed E-state index contributed by atoms with van der Waals surface area (Å²) in [5.41, 5.74) is 5.64. The van der Waals surface area contributed by atoms with E-state index in [9.17, 15) is 14.4 Å². The van der Waals surface area contributed by atoms with E-state index in [4.69, 9.17) is 10.5 Å². The number of hydrogen-bond donors (Lipinski definition) is 2. The summed E-state index contributed by atoms with van der Waals surface area (Å²) < 4.78 is 5.52. The number of anilines is 1. The van der Waals surface area contributed by atoms with Crippen molar-refractivity contribution in [2.45, 2.75) is 13.3 Å². The van der Waals surface area contributed by atoms with Crippen LogP contribution in [0.2, 0.25) is 0 Å². The smallest absolute Gasteiger partial charge is 0.236 e. The molecule has 1 aromatic carbocycles. The van der Waals surface area contributed by atoms with E-state index in [0.717, 1.165) is 0 Å². The number of benzene rings is 1. The van der Waals surface area contributed by atoms with Gasteiger partial charge in [0.15, 0.2) is 0 Å². The Kier molecular flexibility index (Phi) is 4.98. The highest BCUT2D eigenvalue weighted by Crippen LogP contribution is 2.33. The molecule has 0 unspecified atom stereocenters. The number of primary amides is 1. The van der Waals surface area contributed by atoms with E-state index in [2.05, 4.69) is 5.32 Å². The Hall–Kier alpha value is -2.57. The van der Waals surface area contributed by atoms with Crippen LogP contribution >= 0.6 is 0 Å². The Morgan fingerprint density at radius 1 is 1.41 bits per heavy atom. The summed E-state index contributed by atoms with van der Waals surface area (Å²) >= 11 is 0. The van der Waals surface area contributed by atoms with Crippen LogP contribution in [0.5, 0.6) is 5.75 Å². The van der Waals surface area contributed by atoms with Crippen LogP contribution in [0.25, 0.3) is 0 Å². The maximum Gasteiger partial charge on any atom is 0.236 e. The number of nitrogens with one attached hydrogen (secondary N) is 1. The average Bonchev–Trinajstić information content (AvgIpc) is 2.87. The predicted molar refractivity (Wildman–Crippen MR) is 80.3 cm³/mol. The molecule has 1 atom stereocenters. The zero-order valence-corrected chi connectivity index (χ0v) is 12.4. The molecule has 0 radical (unpaired) electrons. The highest BCUT2D eigenvalue weighted by atomic mass is 16.5. The molecule has 1 fully saturated rings. The Labute approximate surface area is 128 Å². The number of rotatable bonds is 6. The van der Waals surface area contributed by atoms with Crippen molar-refractivity contribution in [3.63, 3.8) is 0 Å². The van der Waals surface area contributed by atoms with Crippen molar-refractivity contribution in [2.24, 2.45) is 11.7 Å². The number of carbonyl (C=O) groups is 3. The molecule has 118 valence electrons. The summed E-state index contributed by atoms with van der Waals surface area (Å²) in [5, 5.41) is 2.43. The molecule has 1 aromatic rings. The first-order valence-corrected chi connectivity index (χ1v) is 7.11. The molecule has 1 aliphatic rings. The fourth-order valence-electron chi connectivity index (χ4n) is 2.39. The standard InChI is InChI=1S/C15H19N3O4/c1-2-22-12-6-4-3-5-11(12)18-9-10(7-14(18)20)15(21)17-8-13(16)19/h3-6,10H,2,7-9H2,1H3,(H2,16,19)(H,17,21)/t10-/m1/s1. The molecule has 1 aliphatic heterocycles. The highest BCUT2D eigenvalue weighted by Gasteiger charge is 2.36. The Morgan fingerprint density at radius 3 is 2.82 bits per heavy atom. The molecule has 7 heteroatoms. The molecule has 1 saturated heterocycles. The first-order valence-electron chi connectivity index (χ1n) is 7.11. The number of nitrogens with two attached hydrogens (primary N) is 1. The van der Waals surface area contributed by atoms with E-state index in [0.29, 0.717) is 18.0 Å². The number of hydrogen-bond acceptors (Lipinski definition) is 4. The molecule has 1 heterocycles. The minimum atomic E-state index is -0.615. The van der Waals surface area contributed by atoms with Gasteiger partial charge in [-0.25, -0.2) is 0 Å². The molecule has 0 aromatic heterocycles. The van der Waals surface area contributed by atoms with Gasteiger partial charge in [-0.2, -0.15) is 0 Å². The van der Waals surface area contributed by atoms with Crippen LogP contribution in [0, 0.1) is 5.92 Å². The Balaban J connectivity index is 2.10. The Bertz CT molecular complexity index is 588. The second-order valence-corrected chi connectivity index (χ2v) is 4.99. The van der Waals surface area contributed by atoms with Crippen molar-refractivity contribution in [2.75, 3.05) is 24.6 Å². The molecular formula is C15H19N3O4. The van der Waals surface area contributed by atoms with Crippen molar-refractivity contribution >= 4 is 23.4 Å². The van der Waals surface area contributed by atoms with Crippen LogP contribution < -0.4 is 20.7 Å². The van der Waals surface area contributed by atoms with Crippen molar-refractivity contribution in [3.8, 4) is 5.75 Å². The van der Waals surface area contributed by atoms with Gasteiger partial charge in [0.05, 0.1) is 24.8 Å². The minimum absolute atomic E-state index is 0.102. The second-order valence-electron chi connectivity index (χ2n) is 4.99. The zero-order valence-electron chi connectivity index (χ0n) is 12.4. The van der Waals surface area contributed by atoms with Crippen LogP contribution in [-0.4, -0.2) is 37.4 Å². The van der Waals surface area contributed by atoms with Gasteiger partial charge in [-0.15, -0.1) is 0 Å². The van der Waals surface area contributed by atoms with Crippen LogP contribution in [0.4, 0.5) is 5.69 Å². The number of amides is 3. The van der Waals surface area contributed by atoms with E-state index in [1.807, 2.05) is 19.1 Å². The second kappa shape index (κ2) is 6.93. The minimum Gasteiger partial charge on any atom is -0.492 e. The maximum absolute atomic E-state index is 12.2. The molecule has 0 spiro atoms. The van der Waals surface area contributed by atoms with Gasteiger partial charge in [0.1, 0.15) is 5.75 Å². The van der Waals surface area contributed by atoms with Crippen molar-refractivity contribution in [1.82, 2.24) is 5.32 Å². The zero-order chi connectivity index (χ0) is 16.1. The van der Waals surface area contributed by atoms with Crippen LogP contribution in [-0.2, 0) is 14.4 Å². The van der Waals surface area contributed by atoms with Crippen LogP contribution in [0.1, 0.15) is 13.3 Å². The maximum atomic E-state index is 12.2. The van der Waals surface area contributed by atoms with Gasteiger partial charge in [-0.1, -0.05) is 12.1 Å². The number of nitrogens with zero attached hydrogens (tertiary/aromatic N) is 1. The average molecular weight is 305 g/mol. The molecule has 0 saturated carbocycles. The first kappa shape index (κ1) is 15.8. The lowest BCUT2D eigenvalue weighted by atomic mass is 10.1. The third-order valence-corrected chi connectivity index (χ3v) is 3.39. The molecule has 3 N–H and O–H groups in total. The first-order chi connectivity index (χ1) is 10.5. The lowest BCUT2D eigenvalue weighted by Gasteiger charge is -2.20. The van der Waals surface area contributed by atoms with Gasteiger partial charge in [0, 0.05) is 13.0 Å². The number of carbonyl (C=O) groups excluding carboxylic acids is 3. The van der Waals surface area contributed by atoms with E-state index < -0.39 is 11.8 Å². The summed E-state index contributed by atoms with van der Waals surface area (Å²) in [6, 6.07) is 7.21. The third kappa shape index (κ3) is 3.55. The fraction of sp³-hybridized carbons (Fsp3) is 0.400. The molecule has 3 amide bonds. The predicted octanol–water partition coefficient (Wildman–Crippen LogP) is 0.0397. The molecule has 22 heavy (non-hydrogen) atoms. The van der Waals surface area contributed by atoms with Crippen LogP contribution in [0.3, 0.4) is 0 Å². The van der Waals surface area contributed by atoms with E-state index in [-0.39, 0.29) is 31.3 Å². The van der Waals surface area contributed by atoms with E-state index in [1.54, 1.807) is 17.0 Å². The normalized spacial score (nSPS) is 17.4. The monoisotopic (exact) mass is 305 g/mol. The van der Waals surface area contributed by atoms with Gasteiger partial charge in [-0.05, 0) is 19.1 Å². The summed E-state index contributed by atoms with van der Waals surface area (Å²) in [7, 11) is 0. The molecule has 0 bridgehead atoms. The highest BCUT2D eigenvalue weighted by molar-refractivity contribution is 6.01. The number of para-hydroxylation sites is 2. The van der Waals surface area contributed by atoms with E-state index in [1.165, 1.54) is 0 Å². The van der Waals surface area contributed by atoms with E-state index >= 15 is 0 Å². The van der Waals surface area contributed by atoms with Gasteiger partial charge >= 0.3 is 0 Å². The molecule has 0 aliphatic carbocycles. The topological polar surface area (TPSA) is 102 Å². The van der Waals surface area contributed by atoms with Crippen molar-refractivity contribution in [1.29, 1.82) is 0 Å². The van der Waals surface area contributed by atoms with Gasteiger partial charge in [0.2, 0.25) is 17.7 Å². The van der Waals surface area contributed by atoms with Crippen molar-refractivity contribution in [3.05, 3.63) is 24.3 Å². The summed E-state index contributed by atoms with van der Waals surface area (Å²) in [5.74, 6) is -0.996.